The minimum absolute atomic E-state index is 0.0228. The summed E-state index contributed by atoms with van der Waals surface area (Å²) in [5.74, 6) is 6.69. The van der Waals surface area contributed by atoms with Crippen LogP contribution in [0.25, 0.3) is 11.0 Å². The summed E-state index contributed by atoms with van der Waals surface area (Å²) in [7, 11) is 3.15. The van der Waals surface area contributed by atoms with E-state index in [0.717, 1.165) is 13.1 Å². The van der Waals surface area contributed by atoms with Gasteiger partial charge in [0.2, 0.25) is 0 Å². The number of methoxy groups -OCH3 is 2. The highest BCUT2D eigenvalue weighted by Gasteiger charge is 2.17. The smallest absolute Gasteiger partial charge is 0.278 e. The molecule has 0 aliphatic rings. The molecule has 3 rings (SSSR count). The van der Waals surface area contributed by atoms with Gasteiger partial charge in [-0.1, -0.05) is 37.8 Å². The molecule has 11 nitrogen and oxygen atoms in total. The molecule has 2 aromatic heterocycles. The number of carbonyl (C=O) groups is 1. The molecule has 1 atom stereocenters. The second-order valence-corrected chi connectivity index (χ2v) is 9.20. The number of Topliss-reactive ketones (excluding diaryl/α,β-unsaturated/α-hetero) is 1. The molecule has 3 aromatic rings. The van der Waals surface area contributed by atoms with Crippen LogP contribution in [-0.4, -0.2) is 97.1 Å². The number of fused-ring (bicyclic) bond motifs is 1. The van der Waals surface area contributed by atoms with Crippen LogP contribution in [0, 0.1) is 11.8 Å². The maximum atomic E-state index is 12.7. The van der Waals surface area contributed by atoms with Crippen molar-refractivity contribution in [2.75, 3.05) is 66.0 Å². The number of rotatable bonds is 16. The van der Waals surface area contributed by atoms with Crippen molar-refractivity contribution in [1.82, 2.24) is 19.9 Å². The SMILES string of the molecule is CCN(CC)CC(O)CCC(=O)c1ccc(C#Cc2c(N)ncc3nc(OCCOC)c(OCCOC)nc23)cc1. The number of likely N-dealkylation sites (N-methyl/N-ethyl adjacent to an activating group) is 1. The van der Waals surface area contributed by atoms with Crippen molar-refractivity contribution in [1.29, 1.82) is 0 Å². The van der Waals surface area contributed by atoms with E-state index < -0.39 is 6.10 Å². The minimum atomic E-state index is -0.536. The molecule has 220 valence electrons. The third-order valence-corrected chi connectivity index (χ3v) is 6.34. The lowest BCUT2D eigenvalue weighted by molar-refractivity contribution is 0.0877. The molecule has 0 saturated carbocycles. The largest absolute Gasteiger partial charge is 0.471 e. The van der Waals surface area contributed by atoms with Crippen LogP contribution >= 0.6 is 0 Å². The van der Waals surface area contributed by atoms with Gasteiger partial charge in [0.15, 0.2) is 5.78 Å². The lowest BCUT2D eigenvalue weighted by Crippen LogP contribution is -2.32. The Hall–Kier alpha value is -3.82. The summed E-state index contributed by atoms with van der Waals surface area (Å²) in [6.07, 6.45) is 1.66. The van der Waals surface area contributed by atoms with Gasteiger partial charge in [0.1, 0.15) is 30.1 Å². The van der Waals surface area contributed by atoms with E-state index in [4.69, 9.17) is 24.7 Å². The summed E-state index contributed by atoms with van der Waals surface area (Å²) in [5.41, 5.74) is 8.69. The van der Waals surface area contributed by atoms with Crippen LogP contribution in [-0.2, 0) is 9.47 Å². The highest BCUT2D eigenvalue weighted by molar-refractivity contribution is 5.96. The Morgan fingerprint density at radius 3 is 2.22 bits per heavy atom. The number of aliphatic hydroxyl groups is 1. The van der Waals surface area contributed by atoms with Gasteiger partial charge in [-0.25, -0.2) is 15.0 Å². The molecule has 3 N–H and O–H groups in total. The molecule has 0 amide bonds. The van der Waals surface area contributed by atoms with Crippen LogP contribution in [0.5, 0.6) is 11.8 Å². The third-order valence-electron chi connectivity index (χ3n) is 6.34. The molecule has 0 aliphatic heterocycles. The van der Waals surface area contributed by atoms with Gasteiger partial charge in [0, 0.05) is 38.3 Å². The number of anilines is 1. The summed E-state index contributed by atoms with van der Waals surface area (Å²) in [4.78, 5) is 28.1. The number of ether oxygens (including phenoxy) is 4. The number of hydrogen-bond donors (Lipinski definition) is 2. The Bertz CT molecular complexity index is 1340. The topological polar surface area (TPSA) is 142 Å². The van der Waals surface area contributed by atoms with E-state index in [2.05, 4.69) is 45.5 Å². The number of pyridine rings is 1. The fourth-order valence-electron chi connectivity index (χ4n) is 3.95. The van der Waals surface area contributed by atoms with Gasteiger partial charge in [-0.05, 0) is 31.6 Å². The molecule has 0 bridgehead atoms. The summed E-state index contributed by atoms with van der Waals surface area (Å²) in [5, 5.41) is 10.3. The van der Waals surface area contributed by atoms with Crippen molar-refractivity contribution < 1.29 is 28.8 Å². The molecule has 2 heterocycles. The van der Waals surface area contributed by atoms with Crippen LogP contribution in [0.15, 0.2) is 30.5 Å². The number of ketones is 1. The van der Waals surface area contributed by atoms with E-state index in [1.807, 2.05) is 0 Å². The predicted octanol–water partition coefficient (Wildman–Crippen LogP) is 2.72. The van der Waals surface area contributed by atoms with Crippen molar-refractivity contribution in [3.8, 4) is 23.6 Å². The Balaban J connectivity index is 1.78. The van der Waals surface area contributed by atoms with Gasteiger partial charge in [0.05, 0.1) is 31.1 Å². The zero-order valence-electron chi connectivity index (χ0n) is 24.2. The van der Waals surface area contributed by atoms with Gasteiger partial charge < -0.3 is 34.7 Å². The predicted molar refractivity (Wildman–Crippen MR) is 156 cm³/mol. The van der Waals surface area contributed by atoms with Crippen LogP contribution in [0.3, 0.4) is 0 Å². The Labute approximate surface area is 241 Å². The lowest BCUT2D eigenvalue weighted by atomic mass is 10.0. The van der Waals surface area contributed by atoms with Crippen molar-refractivity contribution in [2.45, 2.75) is 32.8 Å². The fraction of sp³-hybridized carbons (Fsp3) is 0.467. The third kappa shape index (κ3) is 9.37. The standard InChI is InChI=1S/C30H39N5O6/c1-5-35(6-2)20-23(36)12-14-26(37)22-10-7-21(8-11-22)9-13-24-27-25(19-32-28(24)31)33-29(40-17-15-38-3)30(34-27)41-18-16-39-4/h7-8,10-11,19,23,36H,5-6,12,14-18,20H2,1-4H3,(H2,31,32). The van der Waals surface area contributed by atoms with Crippen molar-refractivity contribution in [3.63, 3.8) is 0 Å². The molecule has 0 fully saturated rings. The van der Waals surface area contributed by atoms with Crippen LogP contribution in [0.1, 0.15) is 48.2 Å². The first-order valence-electron chi connectivity index (χ1n) is 13.6. The summed E-state index contributed by atoms with van der Waals surface area (Å²) < 4.78 is 21.6. The number of hydrogen-bond acceptors (Lipinski definition) is 11. The summed E-state index contributed by atoms with van der Waals surface area (Å²) in [6.45, 7) is 7.65. The van der Waals surface area contributed by atoms with Gasteiger partial charge in [0.25, 0.3) is 11.8 Å². The Morgan fingerprint density at radius 2 is 1.61 bits per heavy atom. The van der Waals surface area contributed by atoms with Crippen molar-refractivity contribution >= 4 is 22.6 Å². The van der Waals surface area contributed by atoms with Gasteiger partial charge in [-0.2, -0.15) is 0 Å². The molecular weight excluding hydrogens is 526 g/mol. The van der Waals surface area contributed by atoms with Crippen LogP contribution < -0.4 is 15.2 Å². The van der Waals surface area contributed by atoms with E-state index in [9.17, 15) is 9.90 Å². The molecule has 41 heavy (non-hydrogen) atoms. The zero-order valence-corrected chi connectivity index (χ0v) is 24.2. The van der Waals surface area contributed by atoms with E-state index >= 15 is 0 Å². The van der Waals surface area contributed by atoms with Gasteiger partial charge in [-0.15, -0.1) is 0 Å². The highest BCUT2D eigenvalue weighted by atomic mass is 16.6. The number of benzene rings is 1. The van der Waals surface area contributed by atoms with Crippen molar-refractivity contribution in [2.24, 2.45) is 0 Å². The molecule has 0 radical (unpaired) electrons. The Morgan fingerprint density at radius 1 is 0.976 bits per heavy atom. The number of nitrogens with two attached hydrogens (primary N) is 1. The molecule has 1 aromatic carbocycles. The van der Waals surface area contributed by atoms with E-state index in [1.165, 1.54) is 6.20 Å². The summed E-state index contributed by atoms with van der Waals surface area (Å²) in [6, 6.07) is 7.01. The quantitative estimate of drug-likeness (QED) is 0.150. The second kappa shape index (κ2) is 16.4. The second-order valence-electron chi connectivity index (χ2n) is 9.20. The number of aromatic nitrogens is 3. The first-order chi connectivity index (χ1) is 19.9. The zero-order chi connectivity index (χ0) is 29.6. The normalized spacial score (nSPS) is 11.8. The molecular formula is C30H39N5O6. The number of carbonyl (C=O) groups excluding carboxylic acids is 1. The molecule has 0 spiro atoms. The number of aliphatic hydroxyl groups excluding tert-OH is 1. The molecule has 0 aliphatic carbocycles. The number of nitrogens with zero attached hydrogens (tertiary/aromatic N) is 4. The van der Waals surface area contributed by atoms with E-state index in [1.54, 1.807) is 38.5 Å². The van der Waals surface area contributed by atoms with Crippen LogP contribution in [0.4, 0.5) is 5.82 Å². The lowest BCUT2D eigenvalue weighted by Gasteiger charge is -2.21. The fourth-order valence-corrected chi connectivity index (χ4v) is 3.95. The summed E-state index contributed by atoms with van der Waals surface area (Å²) >= 11 is 0. The maximum absolute atomic E-state index is 12.7. The first kappa shape index (κ1) is 31.7. The minimum Gasteiger partial charge on any atom is -0.471 e. The Kier molecular flexibility index (Phi) is 12.7. The average molecular weight is 566 g/mol. The monoisotopic (exact) mass is 565 g/mol. The van der Waals surface area contributed by atoms with Gasteiger partial charge >= 0.3 is 0 Å². The van der Waals surface area contributed by atoms with Crippen LogP contribution in [0.2, 0.25) is 0 Å². The van der Waals surface area contributed by atoms with E-state index in [0.29, 0.717) is 53.9 Å². The first-order valence-corrected chi connectivity index (χ1v) is 13.6. The molecule has 0 saturated heterocycles. The number of nitrogen functional groups attached to an aromatic ring is 1. The molecule has 1 unspecified atom stereocenters. The maximum Gasteiger partial charge on any atom is 0.278 e. The molecule has 11 heteroatoms. The van der Waals surface area contributed by atoms with E-state index in [-0.39, 0.29) is 43.0 Å². The highest BCUT2D eigenvalue weighted by Crippen LogP contribution is 2.28. The van der Waals surface area contributed by atoms with Crippen molar-refractivity contribution in [3.05, 3.63) is 47.2 Å². The average Bonchev–Trinajstić information content (AvgIpc) is 2.99. The van der Waals surface area contributed by atoms with Gasteiger partial charge in [-0.3, -0.25) is 4.79 Å².